The second-order valence-electron chi connectivity index (χ2n) is 7.69. The zero-order chi connectivity index (χ0) is 15.7. The summed E-state index contributed by atoms with van der Waals surface area (Å²) in [7, 11) is 0. The SMILES string of the molecule is Cl.O=C(c1cc2c(s1)CCCCCC2)N1CCC2(CCNC2)CC1. The molecule has 0 unspecified atom stereocenters. The molecule has 1 aliphatic carbocycles. The van der Waals surface area contributed by atoms with Crippen LogP contribution >= 0.6 is 23.7 Å². The van der Waals surface area contributed by atoms with Crippen molar-refractivity contribution in [2.45, 2.75) is 57.8 Å². The average molecular weight is 369 g/mol. The molecule has 1 spiro atoms. The molecule has 0 radical (unpaired) electrons. The highest BCUT2D eigenvalue weighted by atomic mass is 35.5. The van der Waals surface area contributed by atoms with Crippen LogP contribution in [0.4, 0.5) is 0 Å². The van der Waals surface area contributed by atoms with Crippen molar-refractivity contribution in [3.05, 3.63) is 21.4 Å². The summed E-state index contributed by atoms with van der Waals surface area (Å²) < 4.78 is 0. The van der Waals surface area contributed by atoms with Gasteiger partial charge in [-0.15, -0.1) is 23.7 Å². The van der Waals surface area contributed by atoms with Gasteiger partial charge in [-0.3, -0.25) is 4.79 Å². The van der Waals surface area contributed by atoms with Gasteiger partial charge in [-0.1, -0.05) is 12.8 Å². The van der Waals surface area contributed by atoms with E-state index in [9.17, 15) is 4.79 Å². The third-order valence-corrected chi connectivity index (χ3v) is 7.38. The average Bonchev–Trinajstić information content (AvgIpc) is 3.15. The van der Waals surface area contributed by atoms with Gasteiger partial charge in [-0.2, -0.15) is 0 Å². The summed E-state index contributed by atoms with van der Waals surface area (Å²) in [5.41, 5.74) is 1.95. The highest BCUT2D eigenvalue weighted by Crippen LogP contribution is 2.38. The van der Waals surface area contributed by atoms with Gasteiger partial charge in [0.2, 0.25) is 0 Å². The molecule has 4 rings (SSSR count). The summed E-state index contributed by atoms with van der Waals surface area (Å²) in [4.78, 5) is 17.5. The molecular formula is C19H29ClN2OS. The molecule has 0 saturated carbocycles. The molecule has 1 aromatic heterocycles. The molecule has 0 atom stereocenters. The van der Waals surface area contributed by atoms with Crippen molar-refractivity contribution in [2.24, 2.45) is 5.41 Å². The number of carbonyl (C=O) groups is 1. The molecule has 134 valence electrons. The fourth-order valence-electron chi connectivity index (χ4n) is 4.51. The molecule has 3 nitrogen and oxygen atoms in total. The van der Waals surface area contributed by atoms with Crippen LogP contribution in [0.15, 0.2) is 6.07 Å². The van der Waals surface area contributed by atoms with Gasteiger partial charge in [0.25, 0.3) is 5.91 Å². The minimum atomic E-state index is 0. The first-order chi connectivity index (χ1) is 11.3. The number of fused-ring (bicyclic) bond motifs is 1. The smallest absolute Gasteiger partial charge is 0.263 e. The highest BCUT2D eigenvalue weighted by Gasteiger charge is 2.38. The summed E-state index contributed by atoms with van der Waals surface area (Å²) in [6, 6.07) is 2.22. The lowest BCUT2D eigenvalue weighted by Crippen LogP contribution is -2.43. The van der Waals surface area contributed by atoms with Crippen LogP contribution in [0.3, 0.4) is 0 Å². The van der Waals surface area contributed by atoms with Gasteiger partial charge in [0.1, 0.15) is 0 Å². The predicted octanol–water partition coefficient (Wildman–Crippen LogP) is 4.04. The minimum Gasteiger partial charge on any atom is -0.338 e. The maximum Gasteiger partial charge on any atom is 0.263 e. The molecular weight excluding hydrogens is 340 g/mol. The van der Waals surface area contributed by atoms with Gasteiger partial charge >= 0.3 is 0 Å². The third kappa shape index (κ3) is 3.66. The normalized spacial score (nSPS) is 23.2. The highest BCUT2D eigenvalue weighted by molar-refractivity contribution is 7.14. The Bertz CT molecular complexity index is 544. The second-order valence-corrected chi connectivity index (χ2v) is 8.83. The van der Waals surface area contributed by atoms with Crippen molar-refractivity contribution < 1.29 is 4.79 Å². The number of amides is 1. The lowest BCUT2D eigenvalue weighted by molar-refractivity contribution is 0.0612. The molecule has 1 amide bonds. The number of hydrogen-bond donors (Lipinski definition) is 1. The number of carbonyl (C=O) groups excluding carboxylic acids is 1. The van der Waals surface area contributed by atoms with Gasteiger partial charge < -0.3 is 10.2 Å². The van der Waals surface area contributed by atoms with Gasteiger partial charge in [0, 0.05) is 24.5 Å². The van der Waals surface area contributed by atoms with Gasteiger partial charge in [-0.25, -0.2) is 0 Å². The lowest BCUT2D eigenvalue weighted by Gasteiger charge is -2.38. The van der Waals surface area contributed by atoms with Crippen LogP contribution in [0, 0.1) is 5.41 Å². The Kier molecular flexibility index (Phi) is 5.89. The quantitative estimate of drug-likeness (QED) is 0.811. The molecule has 3 heterocycles. The lowest BCUT2D eigenvalue weighted by atomic mass is 9.78. The summed E-state index contributed by atoms with van der Waals surface area (Å²) in [5.74, 6) is 0.294. The Hall–Kier alpha value is -0.580. The van der Waals surface area contributed by atoms with E-state index in [2.05, 4.69) is 16.3 Å². The molecule has 1 N–H and O–H groups in total. The fourth-order valence-corrected chi connectivity index (χ4v) is 5.73. The summed E-state index contributed by atoms with van der Waals surface area (Å²) in [5, 5.41) is 3.50. The molecule has 0 bridgehead atoms. The van der Waals surface area contributed by atoms with Crippen molar-refractivity contribution in [1.82, 2.24) is 10.2 Å². The number of halogens is 1. The van der Waals surface area contributed by atoms with E-state index in [0.717, 1.165) is 31.1 Å². The topological polar surface area (TPSA) is 32.3 Å². The van der Waals surface area contributed by atoms with E-state index in [1.807, 2.05) is 0 Å². The van der Waals surface area contributed by atoms with Crippen LogP contribution in [-0.4, -0.2) is 37.0 Å². The summed E-state index contributed by atoms with van der Waals surface area (Å²) in [6.07, 6.45) is 11.3. The molecule has 0 aromatic carbocycles. The standard InChI is InChI=1S/C19H28N2OS.ClH/c22-18(21-11-8-19(9-12-21)7-10-20-14-19)17-13-15-5-3-1-2-4-6-16(15)23-17;/h13,20H,1-12,14H2;1H. The van der Waals surface area contributed by atoms with E-state index in [-0.39, 0.29) is 12.4 Å². The molecule has 2 saturated heterocycles. The van der Waals surface area contributed by atoms with E-state index in [1.165, 1.54) is 68.2 Å². The molecule has 5 heteroatoms. The Morgan fingerprint density at radius 3 is 2.54 bits per heavy atom. The van der Waals surface area contributed by atoms with Crippen LogP contribution in [-0.2, 0) is 12.8 Å². The van der Waals surface area contributed by atoms with Crippen LogP contribution < -0.4 is 5.32 Å². The number of aryl methyl sites for hydroxylation is 2. The number of likely N-dealkylation sites (tertiary alicyclic amines) is 1. The number of nitrogens with zero attached hydrogens (tertiary/aromatic N) is 1. The molecule has 3 aliphatic rings. The van der Waals surface area contributed by atoms with E-state index >= 15 is 0 Å². The summed E-state index contributed by atoms with van der Waals surface area (Å²) >= 11 is 1.78. The van der Waals surface area contributed by atoms with Crippen molar-refractivity contribution >= 4 is 29.7 Å². The Morgan fingerprint density at radius 2 is 1.83 bits per heavy atom. The second kappa shape index (κ2) is 7.76. The van der Waals surface area contributed by atoms with Crippen molar-refractivity contribution in [3.63, 3.8) is 0 Å². The number of thiophene rings is 1. The summed E-state index contributed by atoms with van der Waals surface area (Å²) in [6.45, 7) is 4.21. The van der Waals surface area contributed by atoms with E-state index in [1.54, 1.807) is 11.3 Å². The van der Waals surface area contributed by atoms with Crippen LogP contribution in [0.25, 0.3) is 0 Å². The minimum absolute atomic E-state index is 0. The van der Waals surface area contributed by atoms with Crippen molar-refractivity contribution in [3.8, 4) is 0 Å². The number of rotatable bonds is 1. The van der Waals surface area contributed by atoms with Gasteiger partial charge in [0.05, 0.1) is 4.88 Å². The first-order valence-corrected chi connectivity index (χ1v) is 10.2. The number of nitrogens with one attached hydrogen (secondary N) is 1. The maximum absolute atomic E-state index is 12.9. The molecule has 24 heavy (non-hydrogen) atoms. The molecule has 2 aliphatic heterocycles. The van der Waals surface area contributed by atoms with Crippen molar-refractivity contribution in [2.75, 3.05) is 26.2 Å². The number of piperidine rings is 1. The molecule has 2 fully saturated rings. The third-order valence-electron chi connectivity index (χ3n) is 6.15. The Morgan fingerprint density at radius 1 is 1.08 bits per heavy atom. The van der Waals surface area contributed by atoms with Gasteiger partial charge in [-0.05, 0) is 68.5 Å². The first kappa shape index (κ1) is 18.2. The van der Waals surface area contributed by atoms with E-state index in [4.69, 9.17) is 0 Å². The zero-order valence-electron chi connectivity index (χ0n) is 14.4. The molecule has 1 aromatic rings. The van der Waals surface area contributed by atoms with Gasteiger partial charge in [0.15, 0.2) is 0 Å². The Labute approximate surface area is 155 Å². The number of hydrogen-bond acceptors (Lipinski definition) is 3. The Balaban J connectivity index is 0.00000169. The monoisotopic (exact) mass is 368 g/mol. The van der Waals surface area contributed by atoms with Crippen LogP contribution in [0.5, 0.6) is 0 Å². The van der Waals surface area contributed by atoms with E-state index < -0.39 is 0 Å². The fraction of sp³-hybridized carbons (Fsp3) is 0.737. The first-order valence-electron chi connectivity index (χ1n) is 9.37. The maximum atomic E-state index is 12.9. The largest absolute Gasteiger partial charge is 0.338 e. The van der Waals surface area contributed by atoms with E-state index in [0.29, 0.717) is 11.3 Å². The predicted molar refractivity (Wildman–Crippen MR) is 103 cm³/mol. The van der Waals surface area contributed by atoms with Crippen LogP contribution in [0.2, 0.25) is 0 Å². The zero-order valence-corrected chi connectivity index (χ0v) is 16.1. The van der Waals surface area contributed by atoms with Crippen molar-refractivity contribution in [1.29, 1.82) is 0 Å². The van der Waals surface area contributed by atoms with Crippen LogP contribution in [0.1, 0.15) is 65.1 Å².